The van der Waals surface area contributed by atoms with E-state index in [1.807, 2.05) is 24.3 Å². The van der Waals surface area contributed by atoms with Crippen LogP contribution in [0.2, 0.25) is 0 Å². The normalized spacial score (nSPS) is 13.8. The van der Waals surface area contributed by atoms with Gasteiger partial charge in [-0.3, -0.25) is 9.59 Å². The molecular formula is C49H89NO5. The Kier molecular flexibility index (Phi) is 41.2. The summed E-state index contributed by atoms with van der Waals surface area (Å²) in [6.07, 6.45) is 50.2. The van der Waals surface area contributed by atoms with Crippen molar-refractivity contribution < 1.29 is 24.5 Å². The topological polar surface area (TPSA) is 95.9 Å². The highest BCUT2D eigenvalue weighted by atomic mass is 16.5. The molecule has 0 aromatic carbocycles. The summed E-state index contributed by atoms with van der Waals surface area (Å²) in [6.45, 7) is 6.32. The number of aliphatic hydroxyl groups excluding tert-OH is 2. The van der Waals surface area contributed by atoms with Crippen LogP contribution in [-0.4, -0.2) is 46.9 Å². The maximum Gasteiger partial charge on any atom is 0.306 e. The lowest BCUT2D eigenvalue weighted by Crippen LogP contribution is -2.46. The van der Waals surface area contributed by atoms with E-state index < -0.39 is 18.2 Å². The Labute approximate surface area is 340 Å². The largest absolute Gasteiger partial charge is 0.462 e. The lowest BCUT2D eigenvalue weighted by atomic mass is 10.0. The quantitative estimate of drug-likeness (QED) is 0.0327. The Bertz CT molecular complexity index is 957. The Morgan fingerprint density at radius 2 is 0.982 bits per heavy atom. The number of rotatable bonds is 41. The van der Waals surface area contributed by atoms with E-state index in [4.69, 9.17) is 4.74 Å². The van der Waals surface area contributed by atoms with Crippen molar-refractivity contribution in [2.75, 3.05) is 6.61 Å². The molecule has 0 bridgehead atoms. The smallest absolute Gasteiger partial charge is 0.306 e. The van der Waals surface area contributed by atoms with Gasteiger partial charge in [-0.15, -0.1) is 0 Å². The van der Waals surface area contributed by atoms with Gasteiger partial charge in [0.15, 0.2) is 0 Å². The zero-order valence-corrected chi connectivity index (χ0v) is 36.3. The van der Waals surface area contributed by atoms with E-state index in [1.54, 1.807) is 0 Å². The summed E-state index contributed by atoms with van der Waals surface area (Å²) in [6, 6.07) is -0.706. The predicted molar refractivity (Wildman–Crippen MR) is 236 cm³/mol. The maximum absolute atomic E-state index is 13.1. The van der Waals surface area contributed by atoms with Crippen molar-refractivity contribution in [1.82, 2.24) is 5.32 Å². The van der Waals surface area contributed by atoms with Crippen molar-refractivity contribution in [3.05, 3.63) is 48.6 Å². The Hall–Kier alpha value is -2.18. The third-order valence-corrected chi connectivity index (χ3v) is 10.5. The predicted octanol–water partition coefficient (Wildman–Crippen LogP) is 13.5. The zero-order chi connectivity index (χ0) is 40.3. The van der Waals surface area contributed by atoms with Crippen molar-refractivity contribution in [1.29, 1.82) is 0 Å². The molecule has 3 atom stereocenters. The van der Waals surface area contributed by atoms with Crippen LogP contribution in [0, 0.1) is 0 Å². The van der Waals surface area contributed by atoms with Crippen molar-refractivity contribution >= 4 is 11.9 Å². The molecule has 3 unspecified atom stereocenters. The second-order valence-electron chi connectivity index (χ2n) is 15.9. The number of esters is 1. The second kappa shape index (κ2) is 43.0. The molecule has 3 N–H and O–H groups in total. The third kappa shape index (κ3) is 38.5. The number of aliphatic hydroxyl groups is 2. The van der Waals surface area contributed by atoms with E-state index >= 15 is 0 Å². The molecule has 0 spiro atoms. The number of hydrogen-bond acceptors (Lipinski definition) is 5. The maximum atomic E-state index is 13.1. The van der Waals surface area contributed by atoms with E-state index in [1.165, 1.54) is 109 Å². The highest BCUT2D eigenvalue weighted by molar-refractivity contribution is 5.77. The fourth-order valence-corrected chi connectivity index (χ4v) is 6.97. The number of carbonyl (C=O) groups is 2. The Morgan fingerprint density at radius 3 is 1.47 bits per heavy atom. The van der Waals surface area contributed by atoms with Crippen molar-refractivity contribution in [3.63, 3.8) is 0 Å². The molecule has 320 valence electrons. The van der Waals surface area contributed by atoms with Gasteiger partial charge in [0.2, 0.25) is 5.91 Å². The van der Waals surface area contributed by atoms with Crippen molar-refractivity contribution in [2.24, 2.45) is 0 Å². The van der Waals surface area contributed by atoms with Crippen LogP contribution in [0.25, 0.3) is 0 Å². The van der Waals surface area contributed by atoms with Gasteiger partial charge in [0.1, 0.15) is 6.10 Å². The van der Waals surface area contributed by atoms with Crippen LogP contribution in [-0.2, 0) is 14.3 Å². The van der Waals surface area contributed by atoms with Gasteiger partial charge in [-0.2, -0.15) is 0 Å². The molecular weight excluding hydrogens is 683 g/mol. The minimum Gasteiger partial charge on any atom is -0.462 e. The molecule has 6 nitrogen and oxygen atoms in total. The molecule has 0 aliphatic heterocycles. The number of nitrogens with one attached hydrogen (secondary N) is 1. The van der Waals surface area contributed by atoms with Gasteiger partial charge in [0.05, 0.1) is 25.2 Å². The summed E-state index contributed by atoms with van der Waals surface area (Å²) in [5.41, 5.74) is 0. The molecule has 0 radical (unpaired) electrons. The molecule has 1 amide bonds. The fourth-order valence-electron chi connectivity index (χ4n) is 6.97. The van der Waals surface area contributed by atoms with E-state index in [9.17, 15) is 19.8 Å². The fraction of sp³-hybridized carbons (Fsp3) is 0.796. The van der Waals surface area contributed by atoms with Crippen LogP contribution >= 0.6 is 0 Å². The van der Waals surface area contributed by atoms with E-state index in [0.29, 0.717) is 19.3 Å². The van der Waals surface area contributed by atoms with Crippen LogP contribution in [0.15, 0.2) is 48.6 Å². The monoisotopic (exact) mass is 772 g/mol. The highest BCUT2D eigenvalue weighted by Gasteiger charge is 2.24. The number of carbonyl (C=O) groups excluding carboxylic acids is 2. The first-order valence-corrected chi connectivity index (χ1v) is 23.4. The van der Waals surface area contributed by atoms with E-state index in [2.05, 4.69) is 50.4 Å². The van der Waals surface area contributed by atoms with Crippen molar-refractivity contribution in [2.45, 2.75) is 244 Å². The molecule has 0 aromatic rings. The number of allylic oxidation sites excluding steroid dienone is 8. The molecule has 0 saturated carbocycles. The molecule has 0 saturated heterocycles. The van der Waals surface area contributed by atoms with Crippen LogP contribution in [0.5, 0.6) is 0 Å². The first kappa shape index (κ1) is 52.8. The standard InChI is InChI=1S/C49H89NO5/c1-4-7-10-13-16-19-22-24-27-30-33-36-39-42-49(54)55-45(40-37-34-31-28-26-23-20-17-14-11-8-5-2)43-48(53)50-46(44-51)47(52)41-38-35-32-29-25-21-18-15-12-9-6-3/h7,10,13,16,19,22,24,27,45-47,51-52H,4-6,8-9,11-12,14-15,17-18,20-21,23,25-26,28-44H2,1-3H3,(H,50,53)/b10-7+,16-13+,22-19-,27-24-. The third-order valence-electron chi connectivity index (χ3n) is 10.5. The van der Waals surface area contributed by atoms with Crippen LogP contribution < -0.4 is 5.32 Å². The molecule has 0 fully saturated rings. The van der Waals surface area contributed by atoms with Gasteiger partial charge in [0.25, 0.3) is 0 Å². The molecule has 55 heavy (non-hydrogen) atoms. The highest BCUT2D eigenvalue weighted by Crippen LogP contribution is 2.18. The number of hydrogen-bond donors (Lipinski definition) is 3. The summed E-state index contributed by atoms with van der Waals surface area (Å²) in [5, 5.41) is 23.6. The lowest BCUT2D eigenvalue weighted by Gasteiger charge is -2.24. The van der Waals surface area contributed by atoms with Gasteiger partial charge in [-0.25, -0.2) is 0 Å². The number of ether oxygens (including phenoxy) is 1. The summed E-state index contributed by atoms with van der Waals surface area (Å²) in [4.78, 5) is 26.0. The van der Waals surface area contributed by atoms with Crippen LogP contribution in [0.1, 0.15) is 226 Å². The van der Waals surface area contributed by atoms with E-state index in [0.717, 1.165) is 70.6 Å². The zero-order valence-electron chi connectivity index (χ0n) is 36.3. The summed E-state index contributed by atoms with van der Waals surface area (Å²) >= 11 is 0. The second-order valence-corrected chi connectivity index (χ2v) is 15.9. The molecule has 0 heterocycles. The minimum atomic E-state index is -0.791. The summed E-state index contributed by atoms with van der Waals surface area (Å²) < 4.78 is 5.89. The molecule has 0 aliphatic rings. The number of unbranched alkanes of at least 4 members (excludes halogenated alkanes) is 24. The number of amides is 1. The van der Waals surface area contributed by atoms with Gasteiger partial charge in [0, 0.05) is 6.42 Å². The van der Waals surface area contributed by atoms with Gasteiger partial charge < -0.3 is 20.3 Å². The van der Waals surface area contributed by atoms with Crippen molar-refractivity contribution in [3.8, 4) is 0 Å². The SMILES string of the molecule is CC/C=C/C=C/C=C\C=C/CCCCCC(=O)OC(CCCCCCCCCCCCCC)CC(=O)NC(CO)C(O)CCCCCCCCCCCCC. The van der Waals surface area contributed by atoms with Crippen LogP contribution in [0.4, 0.5) is 0 Å². The van der Waals surface area contributed by atoms with Crippen LogP contribution in [0.3, 0.4) is 0 Å². The van der Waals surface area contributed by atoms with Gasteiger partial charge in [-0.05, 0) is 44.9 Å². The average Bonchev–Trinajstić information content (AvgIpc) is 3.18. The summed E-state index contributed by atoms with van der Waals surface area (Å²) in [7, 11) is 0. The molecule has 6 heteroatoms. The van der Waals surface area contributed by atoms with Gasteiger partial charge in [-0.1, -0.05) is 217 Å². The molecule has 0 aliphatic carbocycles. The first-order chi connectivity index (χ1) is 27.0. The molecule has 0 aromatic heterocycles. The lowest BCUT2D eigenvalue weighted by molar-refractivity contribution is -0.151. The first-order valence-electron chi connectivity index (χ1n) is 23.4. The summed E-state index contributed by atoms with van der Waals surface area (Å²) in [5.74, 6) is -0.517. The Balaban J connectivity index is 4.65. The van der Waals surface area contributed by atoms with E-state index in [-0.39, 0.29) is 24.9 Å². The van der Waals surface area contributed by atoms with Gasteiger partial charge >= 0.3 is 5.97 Å². The Morgan fingerprint density at radius 1 is 0.545 bits per heavy atom. The average molecular weight is 772 g/mol. The molecule has 0 rings (SSSR count). The minimum absolute atomic E-state index is 0.0633.